The van der Waals surface area contributed by atoms with Crippen molar-refractivity contribution in [2.24, 2.45) is 13.0 Å². The molecule has 1 saturated heterocycles. The summed E-state index contributed by atoms with van der Waals surface area (Å²) in [6.07, 6.45) is 10.1. The van der Waals surface area contributed by atoms with Crippen molar-refractivity contribution in [1.82, 2.24) is 14.7 Å². The molecule has 2 heterocycles. The van der Waals surface area contributed by atoms with Crippen LogP contribution in [0.25, 0.3) is 0 Å². The second-order valence-corrected chi connectivity index (χ2v) is 7.15. The molecule has 1 saturated carbocycles. The quantitative estimate of drug-likeness (QED) is 0.926. The predicted molar refractivity (Wildman–Crippen MR) is 84.1 cm³/mol. The number of rotatable bonds is 4. The van der Waals surface area contributed by atoms with Crippen molar-refractivity contribution in [1.29, 1.82) is 0 Å². The first kappa shape index (κ1) is 15.0. The molecule has 1 aliphatic heterocycles. The summed E-state index contributed by atoms with van der Waals surface area (Å²) in [5.74, 6) is 0.459. The molecule has 0 radical (unpaired) electrons. The molecule has 0 spiro atoms. The van der Waals surface area contributed by atoms with Gasteiger partial charge >= 0.3 is 0 Å². The Morgan fingerprint density at radius 1 is 1.33 bits per heavy atom. The zero-order valence-corrected chi connectivity index (χ0v) is 13.5. The van der Waals surface area contributed by atoms with E-state index in [-0.39, 0.29) is 0 Å². The molecule has 1 aromatic heterocycles. The van der Waals surface area contributed by atoms with Crippen molar-refractivity contribution in [2.75, 3.05) is 13.1 Å². The fourth-order valence-corrected chi connectivity index (χ4v) is 4.44. The van der Waals surface area contributed by atoms with Crippen LogP contribution in [0.3, 0.4) is 0 Å². The number of aryl methyl sites for hydroxylation is 1. The van der Waals surface area contributed by atoms with Crippen molar-refractivity contribution in [3.8, 4) is 0 Å². The minimum atomic E-state index is -0.460. The Labute approximate surface area is 128 Å². The summed E-state index contributed by atoms with van der Waals surface area (Å²) in [5.41, 5.74) is 0.842. The van der Waals surface area contributed by atoms with E-state index in [2.05, 4.69) is 23.0 Å². The van der Waals surface area contributed by atoms with E-state index in [9.17, 15) is 5.11 Å². The Bertz CT molecular complexity index is 468. The molecule has 4 nitrogen and oxygen atoms in total. The van der Waals surface area contributed by atoms with Gasteiger partial charge in [-0.25, -0.2) is 0 Å². The Morgan fingerprint density at radius 2 is 2.19 bits per heavy atom. The van der Waals surface area contributed by atoms with Crippen molar-refractivity contribution < 1.29 is 5.11 Å². The van der Waals surface area contributed by atoms with Gasteiger partial charge in [0.05, 0.1) is 5.60 Å². The molecule has 2 aliphatic rings. The molecule has 1 N–H and O–H groups in total. The molecular weight excluding hydrogens is 262 g/mol. The molecule has 2 fully saturated rings. The third-order valence-electron chi connectivity index (χ3n) is 5.70. The topological polar surface area (TPSA) is 41.3 Å². The minimum Gasteiger partial charge on any atom is -0.390 e. The fourth-order valence-electron chi connectivity index (χ4n) is 4.44. The van der Waals surface area contributed by atoms with E-state index in [1.165, 1.54) is 44.3 Å². The summed E-state index contributed by atoms with van der Waals surface area (Å²) in [7, 11) is 2.02. The van der Waals surface area contributed by atoms with Gasteiger partial charge in [0.2, 0.25) is 0 Å². The first-order chi connectivity index (χ1) is 10.1. The molecule has 3 atom stereocenters. The standard InChI is InChI=1S/C17H29N3O/c1-17(21)10-4-3-6-15(17)16-7-5-12-20(16)13-9-14-8-11-18-19(14)2/h8,11,15-16,21H,3-7,9-10,12-13H2,1-2H3. The number of aliphatic hydroxyl groups is 1. The highest BCUT2D eigenvalue weighted by Gasteiger charge is 2.42. The zero-order chi connectivity index (χ0) is 14.9. The maximum absolute atomic E-state index is 10.8. The van der Waals surface area contributed by atoms with Gasteiger partial charge in [-0.3, -0.25) is 9.58 Å². The maximum Gasteiger partial charge on any atom is 0.0662 e. The lowest BCUT2D eigenvalue weighted by molar-refractivity contribution is -0.0616. The van der Waals surface area contributed by atoms with Crippen molar-refractivity contribution in [3.05, 3.63) is 18.0 Å². The van der Waals surface area contributed by atoms with Crippen LogP contribution in [0.1, 0.15) is 51.1 Å². The summed E-state index contributed by atoms with van der Waals surface area (Å²) >= 11 is 0. The monoisotopic (exact) mass is 291 g/mol. The Morgan fingerprint density at radius 3 is 2.90 bits per heavy atom. The van der Waals surface area contributed by atoms with E-state index in [0.29, 0.717) is 12.0 Å². The van der Waals surface area contributed by atoms with E-state index in [0.717, 1.165) is 19.4 Å². The highest BCUT2D eigenvalue weighted by Crippen LogP contribution is 2.40. The number of hydrogen-bond donors (Lipinski definition) is 1. The average molecular weight is 291 g/mol. The lowest BCUT2D eigenvalue weighted by Gasteiger charge is -2.43. The second-order valence-electron chi connectivity index (χ2n) is 7.15. The van der Waals surface area contributed by atoms with Gasteiger partial charge in [0.1, 0.15) is 0 Å². The average Bonchev–Trinajstić information content (AvgIpc) is 3.05. The van der Waals surface area contributed by atoms with Crippen LogP contribution < -0.4 is 0 Å². The summed E-state index contributed by atoms with van der Waals surface area (Å²) in [4.78, 5) is 2.62. The van der Waals surface area contributed by atoms with Crippen molar-refractivity contribution >= 4 is 0 Å². The Balaban J connectivity index is 1.63. The smallest absolute Gasteiger partial charge is 0.0662 e. The molecule has 21 heavy (non-hydrogen) atoms. The molecule has 1 aromatic rings. The summed E-state index contributed by atoms with van der Waals surface area (Å²) < 4.78 is 1.97. The lowest BCUT2D eigenvalue weighted by atomic mass is 9.72. The van der Waals surface area contributed by atoms with Gasteiger partial charge in [-0.1, -0.05) is 12.8 Å². The highest BCUT2D eigenvalue weighted by atomic mass is 16.3. The molecule has 4 heteroatoms. The predicted octanol–water partition coefficient (Wildman–Crippen LogP) is 2.37. The Kier molecular flexibility index (Phi) is 4.36. The largest absolute Gasteiger partial charge is 0.390 e. The highest BCUT2D eigenvalue weighted by molar-refractivity contribution is 5.02. The van der Waals surface area contributed by atoms with Gasteiger partial charge < -0.3 is 5.11 Å². The molecule has 3 rings (SSSR count). The van der Waals surface area contributed by atoms with Crippen LogP contribution in [0.5, 0.6) is 0 Å². The SMILES string of the molecule is Cn1nccc1CCN1CCCC1C1CCCCC1(C)O. The van der Waals surface area contributed by atoms with Crippen molar-refractivity contribution in [2.45, 2.75) is 63.5 Å². The first-order valence-corrected chi connectivity index (χ1v) is 8.51. The summed E-state index contributed by atoms with van der Waals surface area (Å²) in [6.45, 7) is 4.35. The summed E-state index contributed by atoms with van der Waals surface area (Å²) in [5, 5.41) is 15.0. The van der Waals surface area contributed by atoms with Crippen LogP contribution in [0, 0.1) is 5.92 Å². The van der Waals surface area contributed by atoms with E-state index in [1.807, 2.05) is 17.9 Å². The molecule has 118 valence electrons. The van der Waals surface area contributed by atoms with Crippen molar-refractivity contribution in [3.63, 3.8) is 0 Å². The zero-order valence-electron chi connectivity index (χ0n) is 13.5. The van der Waals surface area contributed by atoms with E-state index in [1.54, 1.807) is 0 Å². The van der Waals surface area contributed by atoms with Crippen LogP contribution in [-0.2, 0) is 13.5 Å². The summed E-state index contributed by atoms with van der Waals surface area (Å²) in [6, 6.07) is 2.69. The molecule has 1 aliphatic carbocycles. The van der Waals surface area contributed by atoms with Gasteiger partial charge in [-0.2, -0.15) is 5.10 Å². The molecule has 0 aromatic carbocycles. The first-order valence-electron chi connectivity index (χ1n) is 8.51. The second kappa shape index (κ2) is 6.09. The molecule has 0 bridgehead atoms. The Hall–Kier alpha value is -0.870. The van der Waals surface area contributed by atoms with Crippen LogP contribution >= 0.6 is 0 Å². The van der Waals surface area contributed by atoms with Gasteiger partial charge in [0, 0.05) is 43.9 Å². The third kappa shape index (κ3) is 3.16. The number of nitrogens with zero attached hydrogens (tertiary/aromatic N) is 3. The molecular formula is C17H29N3O. The van der Waals surface area contributed by atoms with Gasteiger partial charge in [-0.15, -0.1) is 0 Å². The lowest BCUT2D eigenvalue weighted by Crippen LogP contribution is -2.49. The number of likely N-dealkylation sites (tertiary alicyclic amines) is 1. The van der Waals surface area contributed by atoms with E-state index >= 15 is 0 Å². The van der Waals surface area contributed by atoms with Crippen LogP contribution in [-0.4, -0.2) is 44.5 Å². The van der Waals surface area contributed by atoms with Gasteiger partial charge in [0.15, 0.2) is 0 Å². The van der Waals surface area contributed by atoms with E-state index in [4.69, 9.17) is 0 Å². The fraction of sp³-hybridized carbons (Fsp3) is 0.824. The number of aromatic nitrogens is 2. The maximum atomic E-state index is 10.8. The molecule has 0 amide bonds. The van der Waals surface area contributed by atoms with E-state index < -0.39 is 5.60 Å². The van der Waals surface area contributed by atoms with Gasteiger partial charge in [-0.05, 0) is 45.2 Å². The van der Waals surface area contributed by atoms with Crippen LogP contribution in [0.4, 0.5) is 0 Å². The van der Waals surface area contributed by atoms with Crippen LogP contribution in [0.15, 0.2) is 12.3 Å². The minimum absolute atomic E-state index is 0.459. The third-order valence-corrected chi connectivity index (χ3v) is 5.70. The normalized spacial score (nSPS) is 34.4. The molecule has 3 unspecified atom stereocenters. The van der Waals surface area contributed by atoms with Crippen LogP contribution in [0.2, 0.25) is 0 Å². The number of hydrogen-bond acceptors (Lipinski definition) is 3. The van der Waals surface area contributed by atoms with Gasteiger partial charge in [0.25, 0.3) is 0 Å².